The summed E-state index contributed by atoms with van der Waals surface area (Å²) in [5.74, 6) is -0.454. The van der Waals surface area contributed by atoms with Crippen LogP contribution in [0.5, 0.6) is 0 Å². The molecule has 0 heterocycles. The summed E-state index contributed by atoms with van der Waals surface area (Å²) in [6, 6.07) is 8.99. The number of benzene rings is 1. The molecular formula is C27H40O5. The normalized spacial score (nSPS) is 24.4. The monoisotopic (exact) mass is 444 g/mol. The molecule has 1 saturated carbocycles. The average Bonchev–Trinajstić information content (AvgIpc) is 3.06. The van der Waals surface area contributed by atoms with Crippen LogP contribution in [0.15, 0.2) is 54.6 Å². The standard InChI is InChI=1S/C27H40O5/c1-2-3-8-15-22(28)17-18-24-23(25(29)20-26(24)30)16-11-5-4-6-12-19-32-27(31)21-13-9-7-10-14-21/h5,7,9-11,13-14,17-18,22-26,28-30H,2-4,6,8,12,15-16,19-20H2,1H3/t22-,23+,24+,25-,26+/m0/s1. The van der Waals surface area contributed by atoms with Gasteiger partial charge in [0.2, 0.25) is 0 Å². The Balaban J connectivity index is 1.66. The van der Waals surface area contributed by atoms with Crippen molar-refractivity contribution in [2.24, 2.45) is 11.8 Å². The maximum atomic E-state index is 11.9. The van der Waals surface area contributed by atoms with Crippen LogP contribution in [0.4, 0.5) is 0 Å². The second kappa shape index (κ2) is 15.0. The van der Waals surface area contributed by atoms with Gasteiger partial charge in [0.1, 0.15) is 0 Å². The minimum atomic E-state index is -0.568. The van der Waals surface area contributed by atoms with Crippen molar-refractivity contribution in [1.29, 1.82) is 0 Å². The van der Waals surface area contributed by atoms with Crippen LogP contribution in [0, 0.1) is 11.8 Å². The highest BCUT2D eigenvalue weighted by Gasteiger charge is 2.39. The van der Waals surface area contributed by atoms with Gasteiger partial charge in [-0.1, -0.05) is 68.7 Å². The average molecular weight is 445 g/mol. The highest BCUT2D eigenvalue weighted by Crippen LogP contribution is 2.36. The Morgan fingerprint density at radius 2 is 1.88 bits per heavy atom. The third kappa shape index (κ3) is 9.27. The van der Waals surface area contributed by atoms with Crippen molar-refractivity contribution >= 4 is 5.97 Å². The van der Waals surface area contributed by atoms with Gasteiger partial charge < -0.3 is 20.1 Å². The highest BCUT2D eigenvalue weighted by atomic mass is 16.5. The van der Waals surface area contributed by atoms with Crippen molar-refractivity contribution in [3.63, 3.8) is 0 Å². The van der Waals surface area contributed by atoms with Crippen LogP contribution in [0.2, 0.25) is 0 Å². The number of ether oxygens (including phenoxy) is 1. The van der Waals surface area contributed by atoms with Gasteiger partial charge in [0.15, 0.2) is 0 Å². The van der Waals surface area contributed by atoms with E-state index >= 15 is 0 Å². The van der Waals surface area contributed by atoms with Crippen LogP contribution in [0.25, 0.3) is 0 Å². The van der Waals surface area contributed by atoms with E-state index in [0.717, 1.165) is 44.9 Å². The summed E-state index contributed by atoms with van der Waals surface area (Å²) >= 11 is 0. The van der Waals surface area contributed by atoms with Crippen LogP contribution in [-0.4, -0.2) is 46.2 Å². The van der Waals surface area contributed by atoms with Crippen molar-refractivity contribution in [2.75, 3.05) is 6.61 Å². The number of esters is 1. The molecule has 178 valence electrons. The molecular weight excluding hydrogens is 404 g/mol. The molecule has 0 aromatic heterocycles. The quantitative estimate of drug-likeness (QED) is 0.218. The van der Waals surface area contributed by atoms with Gasteiger partial charge in [0.25, 0.3) is 0 Å². The zero-order valence-electron chi connectivity index (χ0n) is 19.3. The molecule has 5 nitrogen and oxygen atoms in total. The van der Waals surface area contributed by atoms with Gasteiger partial charge in [-0.25, -0.2) is 4.79 Å². The van der Waals surface area contributed by atoms with E-state index < -0.39 is 18.3 Å². The second-order valence-corrected chi connectivity index (χ2v) is 8.76. The zero-order valence-corrected chi connectivity index (χ0v) is 19.3. The number of carbonyl (C=O) groups is 1. The van der Waals surface area contributed by atoms with E-state index in [1.165, 1.54) is 0 Å². The summed E-state index contributed by atoms with van der Waals surface area (Å²) < 4.78 is 5.28. The largest absolute Gasteiger partial charge is 0.462 e. The summed E-state index contributed by atoms with van der Waals surface area (Å²) in [4.78, 5) is 11.9. The Labute approximate surface area is 192 Å². The molecule has 1 aromatic rings. The SMILES string of the molecule is CCCCC[C@H](O)C=C[C@@H]1[C@@H](CC=CCCCCOC(=O)c2ccccc2)[C@@H](O)C[C@H]1O. The molecule has 2 rings (SSSR count). The van der Waals surface area contributed by atoms with Crippen molar-refractivity contribution in [2.45, 2.75) is 83.0 Å². The molecule has 0 unspecified atom stereocenters. The van der Waals surface area contributed by atoms with E-state index in [2.05, 4.69) is 19.1 Å². The fourth-order valence-electron chi connectivity index (χ4n) is 4.22. The topological polar surface area (TPSA) is 87.0 Å². The Morgan fingerprint density at radius 3 is 2.62 bits per heavy atom. The Morgan fingerprint density at radius 1 is 1.09 bits per heavy atom. The van der Waals surface area contributed by atoms with Crippen LogP contribution in [0.3, 0.4) is 0 Å². The van der Waals surface area contributed by atoms with E-state index in [9.17, 15) is 20.1 Å². The maximum Gasteiger partial charge on any atom is 0.338 e. The van der Waals surface area contributed by atoms with Crippen molar-refractivity contribution in [1.82, 2.24) is 0 Å². The smallest absolute Gasteiger partial charge is 0.338 e. The number of carbonyl (C=O) groups excluding carboxylic acids is 1. The molecule has 1 fully saturated rings. The molecule has 0 radical (unpaired) electrons. The molecule has 0 spiro atoms. The molecule has 1 aliphatic rings. The molecule has 5 heteroatoms. The first-order valence-electron chi connectivity index (χ1n) is 12.1. The lowest BCUT2D eigenvalue weighted by Gasteiger charge is -2.19. The third-order valence-corrected chi connectivity index (χ3v) is 6.16. The molecule has 0 saturated heterocycles. The molecule has 32 heavy (non-hydrogen) atoms. The van der Waals surface area contributed by atoms with Gasteiger partial charge in [-0.2, -0.15) is 0 Å². The van der Waals surface area contributed by atoms with Gasteiger partial charge in [-0.15, -0.1) is 0 Å². The first-order chi connectivity index (χ1) is 15.5. The first-order valence-corrected chi connectivity index (χ1v) is 12.1. The predicted molar refractivity (Wildman–Crippen MR) is 127 cm³/mol. The van der Waals surface area contributed by atoms with Crippen molar-refractivity contribution in [3.05, 3.63) is 60.2 Å². The first kappa shape index (κ1) is 26.3. The van der Waals surface area contributed by atoms with E-state index in [1.807, 2.05) is 24.3 Å². The number of aliphatic hydroxyl groups is 3. The van der Waals surface area contributed by atoms with Crippen molar-refractivity contribution in [3.8, 4) is 0 Å². The molecule has 3 N–H and O–H groups in total. The van der Waals surface area contributed by atoms with Crippen LogP contribution in [0.1, 0.15) is 75.1 Å². The van der Waals surface area contributed by atoms with E-state index in [4.69, 9.17) is 4.74 Å². The lowest BCUT2D eigenvalue weighted by molar-refractivity contribution is 0.0498. The van der Waals surface area contributed by atoms with Gasteiger partial charge in [-0.05, 0) is 50.2 Å². The number of unbranched alkanes of at least 4 members (excludes halogenated alkanes) is 4. The lowest BCUT2D eigenvalue weighted by Crippen LogP contribution is -2.20. The number of rotatable bonds is 14. The molecule has 0 amide bonds. The lowest BCUT2D eigenvalue weighted by atomic mass is 9.89. The van der Waals surface area contributed by atoms with Crippen LogP contribution in [-0.2, 0) is 4.74 Å². The molecule has 1 aliphatic carbocycles. The van der Waals surface area contributed by atoms with Crippen LogP contribution < -0.4 is 0 Å². The van der Waals surface area contributed by atoms with E-state index in [0.29, 0.717) is 25.0 Å². The van der Waals surface area contributed by atoms with Gasteiger partial charge in [-0.3, -0.25) is 0 Å². The third-order valence-electron chi connectivity index (χ3n) is 6.16. The number of hydrogen-bond donors (Lipinski definition) is 3. The molecule has 0 bridgehead atoms. The molecule has 5 atom stereocenters. The number of aliphatic hydroxyl groups excluding tert-OH is 3. The fraction of sp³-hybridized carbons (Fsp3) is 0.593. The van der Waals surface area contributed by atoms with E-state index in [1.54, 1.807) is 18.2 Å². The number of hydrogen-bond acceptors (Lipinski definition) is 5. The zero-order chi connectivity index (χ0) is 23.2. The van der Waals surface area contributed by atoms with Gasteiger partial charge in [0, 0.05) is 12.3 Å². The van der Waals surface area contributed by atoms with Crippen LogP contribution >= 0.6 is 0 Å². The molecule has 1 aromatic carbocycles. The Hall–Kier alpha value is -1.95. The summed E-state index contributed by atoms with van der Waals surface area (Å²) in [5.41, 5.74) is 0.571. The maximum absolute atomic E-state index is 11.9. The van der Waals surface area contributed by atoms with Gasteiger partial charge >= 0.3 is 5.97 Å². The Bertz CT molecular complexity index is 699. The summed E-state index contributed by atoms with van der Waals surface area (Å²) in [6.45, 7) is 2.54. The minimum Gasteiger partial charge on any atom is -0.462 e. The predicted octanol–water partition coefficient (Wildman–Crippen LogP) is 4.82. The highest BCUT2D eigenvalue weighted by molar-refractivity contribution is 5.89. The van der Waals surface area contributed by atoms with Gasteiger partial charge in [0.05, 0.1) is 30.5 Å². The van der Waals surface area contributed by atoms with E-state index in [-0.39, 0.29) is 17.8 Å². The van der Waals surface area contributed by atoms with Crippen molar-refractivity contribution < 1.29 is 24.9 Å². The summed E-state index contributed by atoms with van der Waals surface area (Å²) in [7, 11) is 0. The minimum absolute atomic E-state index is 0.0350. The fourth-order valence-corrected chi connectivity index (χ4v) is 4.22. The summed E-state index contributed by atoms with van der Waals surface area (Å²) in [6.07, 6.45) is 13.9. The molecule has 0 aliphatic heterocycles. The second-order valence-electron chi connectivity index (χ2n) is 8.76. The summed E-state index contributed by atoms with van der Waals surface area (Å²) in [5, 5.41) is 30.8. The Kier molecular flexibility index (Phi) is 12.3. The number of allylic oxidation sites excluding steroid dienone is 2.